The lowest BCUT2D eigenvalue weighted by atomic mass is 10.2. The van der Waals surface area contributed by atoms with E-state index in [9.17, 15) is 4.79 Å². The van der Waals surface area contributed by atoms with Gasteiger partial charge in [0.2, 0.25) is 0 Å². The van der Waals surface area contributed by atoms with Gasteiger partial charge in [0.15, 0.2) is 0 Å². The second-order valence-electron chi connectivity index (χ2n) is 5.74. The summed E-state index contributed by atoms with van der Waals surface area (Å²) in [7, 11) is 1.75. The standard InChI is InChI=1S/C21H21N3O2/c1-3-26-20-11-9-17(10-12-20)23-18-13-16(14-22-15-18)21(25)24(2)19-7-5-4-6-8-19/h4-15,23H,3H2,1-2H3. The van der Waals surface area contributed by atoms with Crippen LogP contribution in [0.1, 0.15) is 17.3 Å². The molecule has 1 aromatic heterocycles. The lowest BCUT2D eigenvalue weighted by Gasteiger charge is -2.17. The number of anilines is 3. The van der Waals surface area contributed by atoms with Crippen molar-refractivity contribution in [3.05, 3.63) is 78.6 Å². The molecule has 1 heterocycles. The van der Waals surface area contributed by atoms with E-state index in [0.717, 1.165) is 22.8 Å². The summed E-state index contributed by atoms with van der Waals surface area (Å²) in [6.07, 6.45) is 3.26. The molecule has 26 heavy (non-hydrogen) atoms. The van der Waals surface area contributed by atoms with Gasteiger partial charge in [-0.15, -0.1) is 0 Å². The topological polar surface area (TPSA) is 54.5 Å². The van der Waals surface area contributed by atoms with Gasteiger partial charge in [-0.25, -0.2) is 0 Å². The molecule has 0 aliphatic heterocycles. The maximum Gasteiger partial charge on any atom is 0.259 e. The first-order valence-corrected chi connectivity index (χ1v) is 8.45. The molecule has 1 amide bonds. The Bertz CT molecular complexity index is 864. The first-order chi connectivity index (χ1) is 12.7. The predicted octanol–water partition coefficient (Wildman–Crippen LogP) is 4.50. The van der Waals surface area contributed by atoms with Gasteiger partial charge >= 0.3 is 0 Å². The van der Waals surface area contributed by atoms with Gasteiger partial charge in [-0.2, -0.15) is 0 Å². The number of para-hydroxylation sites is 1. The molecule has 0 saturated heterocycles. The van der Waals surface area contributed by atoms with Gasteiger partial charge in [-0.3, -0.25) is 9.78 Å². The third-order valence-electron chi connectivity index (χ3n) is 3.89. The number of carbonyl (C=O) groups is 1. The third-order valence-corrected chi connectivity index (χ3v) is 3.89. The summed E-state index contributed by atoms with van der Waals surface area (Å²) in [6, 6.07) is 19.0. The molecular weight excluding hydrogens is 326 g/mol. The first kappa shape index (κ1) is 17.5. The molecule has 3 aromatic rings. The van der Waals surface area contributed by atoms with Crippen molar-refractivity contribution in [1.29, 1.82) is 0 Å². The van der Waals surface area contributed by atoms with E-state index in [0.29, 0.717) is 12.2 Å². The van der Waals surface area contributed by atoms with Crippen molar-refractivity contribution >= 4 is 23.0 Å². The van der Waals surface area contributed by atoms with Gasteiger partial charge in [0.05, 0.1) is 24.1 Å². The van der Waals surface area contributed by atoms with Crippen LogP contribution in [0, 0.1) is 0 Å². The van der Waals surface area contributed by atoms with Crippen molar-refractivity contribution in [2.24, 2.45) is 0 Å². The number of carbonyl (C=O) groups excluding carboxylic acids is 1. The summed E-state index contributed by atoms with van der Waals surface area (Å²) in [4.78, 5) is 18.5. The van der Waals surface area contributed by atoms with Crippen molar-refractivity contribution in [2.45, 2.75) is 6.92 Å². The van der Waals surface area contributed by atoms with Gasteiger partial charge in [0.1, 0.15) is 5.75 Å². The second-order valence-corrected chi connectivity index (χ2v) is 5.74. The molecule has 0 bridgehead atoms. The van der Waals surface area contributed by atoms with E-state index in [1.54, 1.807) is 30.4 Å². The lowest BCUT2D eigenvalue weighted by molar-refractivity contribution is 0.0992. The van der Waals surface area contributed by atoms with E-state index in [1.165, 1.54) is 0 Å². The Morgan fingerprint density at radius 1 is 1.04 bits per heavy atom. The van der Waals surface area contributed by atoms with E-state index >= 15 is 0 Å². The van der Waals surface area contributed by atoms with Crippen molar-refractivity contribution in [3.63, 3.8) is 0 Å². The van der Waals surface area contributed by atoms with Crippen molar-refractivity contribution in [3.8, 4) is 5.75 Å². The normalized spacial score (nSPS) is 10.2. The summed E-state index contributed by atoms with van der Waals surface area (Å²) in [5.41, 5.74) is 3.01. The number of hydrogen-bond donors (Lipinski definition) is 1. The lowest BCUT2D eigenvalue weighted by Crippen LogP contribution is -2.26. The van der Waals surface area contributed by atoms with Crippen LogP contribution in [-0.4, -0.2) is 24.5 Å². The van der Waals surface area contributed by atoms with Gasteiger partial charge in [-0.05, 0) is 49.4 Å². The number of pyridine rings is 1. The minimum Gasteiger partial charge on any atom is -0.494 e. The number of rotatable bonds is 6. The van der Waals surface area contributed by atoms with Crippen LogP contribution in [0.15, 0.2) is 73.1 Å². The summed E-state index contributed by atoms with van der Waals surface area (Å²) < 4.78 is 5.44. The highest BCUT2D eigenvalue weighted by atomic mass is 16.5. The van der Waals surface area contributed by atoms with Crippen LogP contribution < -0.4 is 15.0 Å². The molecule has 132 valence electrons. The Balaban J connectivity index is 1.74. The van der Waals surface area contributed by atoms with Crippen LogP contribution >= 0.6 is 0 Å². The van der Waals surface area contributed by atoms with Gasteiger partial charge < -0.3 is 15.0 Å². The number of aromatic nitrogens is 1. The number of hydrogen-bond acceptors (Lipinski definition) is 4. The van der Waals surface area contributed by atoms with Crippen LogP contribution in [0.3, 0.4) is 0 Å². The van der Waals surface area contributed by atoms with E-state index in [2.05, 4.69) is 10.3 Å². The van der Waals surface area contributed by atoms with Crippen LogP contribution in [0.2, 0.25) is 0 Å². The van der Waals surface area contributed by atoms with Crippen LogP contribution in [0.5, 0.6) is 5.75 Å². The van der Waals surface area contributed by atoms with Gasteiger partial charge in [0, 0.05) is 24.6 Å². The number of amides is 1. The summed E-state index contributed by atoms with van der Waals surface area (Å²) in [5, 5.41) is 3.26. The molecule has 0 saturated carbocycles. The fourth-order valence-electron chi connectivity index (χ4n) is 2.56. The Labute approximate surface area is 153 Å². The Morgan fingerprint density at radius 2 is 1.77 bits per heavy atom. The maximum atomic E-state index is 12.7. The average Bonchev–Trinajstić information content (AvgIpc) is 2.69. The number of nitrogens with one attached hydrogen (secondary N) is 1. The molecule has 5 nitrogen and oxygen atoms in total. The molecule has 0 fully saturated rings. The van der Waals surface area contributed by atoms with Gasteiger partial charge in [-0.1, -0.05) is 18.2 Å². The highest BCUT2D eigenvalue weighted by Crippen LogP contribution is 2.21. The van der Waals surface area contributed by atoms with Crippen molar-refractivity contribution in [1.82, 2.24) is 4.98 Å². The van der Waals surface area contributed by atoms with Crippen LogP contribution in [0.25, 0.3) is 0 Å². The average molecular weight is 347 g/mol. The molecule has 0 atom stereocenters. The monoisotopic (exact) mass is 347 g/mol. The predicted molar refractivity (Wildman–Crippen MR) is 104 cm³/mol. The molecule has 0 unspecified atom stereocenters. The molecular formula is C21H21N3O2. The van der Waals surface area contributed by atoms with Crippen molar-refractivity contribution < 1.29 is 9.53 Å². The highest BCUT2D eigenvalue weighted by molar-refractivity contribution is 6.06. The van der Waals surface area contributed by atoms with E-state index in [-0.39, 0.29) is 5.91 Å². The molecule has 1 N–H and O–H groups in total. The Hall–Kier alpha value is -3.34. The first-order valence-electron chi connectivity index (χ1n) is 8.45. The molecule has 5 heteroatoms. The van der Waals surface area contributed by atoms with Crippen molar-refractivity contribution in [2.75, 3.05) is 23.9 Å². The summed E-state index contributed by atoms with van der Waals surface area (Å²) in [5.74, 6) is 0.712. The molecule has 0 spiro atoms. The van der Waals surface area contributed by atoms with Gasteiger partial charge in [0.25, 0.3) is 5.91 Å². The SMILES string of the molecule is CCOc1ccc(Nc2cncc(C(=O)N(C)c3ccccc3)c2)cc1. The number of ether oxygens (including phenoxy) is 1. The summed E-state index contributed by atoms with van der Waals surface area (Å²) in [6.45, 7) is 2.59. The Morgan fingerprint density at radius 3 is 2.46 bits per heavy atom. The van der Waals surface area contributed by atoms with E-state index < -0.39 is 0 Å². The molecule has 2 aromatic carbocycles. The zero-order valence-electron chi connectivity index (χ0n) is 14.8. The maximum absolute atomic E-state index is 12.7. The minimum atomic E-state index is -0.112. The zero-order valence-corrected chi connectivity index (χ0v) is 14.8. The molecule has 3 rings (SSSR count). The fourth-order valence-corrected chi connectivity index (χ4v) is 2.56. The highest BCUT2D eigenvalue weighted by Gasteiger charge is 2.14. The quantitative estimate of drug-likeness (QED) is 0.713. The molecule has 0 aliphatic carbocycles. The largest absolute Gasteiger partial charge is 0.494 e. The minimum absolute atomic E-state index is 0.112. The fraction of sp³-hybridized carbons (Fsp3) is 0.143. The number of nitrogens with zero attached hydrogens (tertiary/aromatic N) is 2. The number of benzene rings is 2. The van der Waals surface area contributed by atoms with E-state index in [4.69, 9.17) is 4.74 Å². The second kappa shape index (κ2) is 8.16. The van der Waals surface area contributed by atoms with Crippen LogP contribution in [0.4, 0.5) is 17.1 Å². The zero-order chi connectivity index (χ0) is 18.4. The Kier molecular flexibility index (Phi) is 5.49. The molecule has 0 radical (unpaired) electrons. The third kappa shape index (κ3) is 4.19. The van der Waals surface area contributed by atoms with Crippen LogP contribution in [-0.2, 0) is 0 Å². The summed E-state index contributed by atoms with van der Waals surface area (Å²) >= 11 is 0. The molecule has 0 aliphatic rings. The smallest absolute Gasteiger partial charge is 0.259 e. The van der Waals surface area contributed by atoms with E-state index in [1.807, 2.05) is 61.5 Å².